The average Bonchev–Trinajstić information content (AvgIpc) is 3.38. The Morgan fingerprint density at radius 3 is 2.39 bits per heavy atom. The summed E-state index contributed by atoms with van der Waals surface area (Å²) < 4.78 is 0. The van der Waals surface area contributed by atoms with Crippen LogP contribution in [0.15, 0.2) is 94.4 Å². The molecule has 1 aliphatic rings. The predicted molar refractivity (Wildman–Crippen MR) is 196 cm³/mol. The van der Waals surface area contributed by atoms with Crippen molar-refractivity contribution in [2.24, 2.45) is 0 Å². The van der Waals surface area contributed by atoms with Crippen LogP contribution in [0.3, 0.4) is 0 Å². The van der Waals surface area contributed by atoms with Gasteiger partial charge in [-0.3, -0.25) is 4.79 Å². The van der Waals surface area contributed by atoms with Gasteiger partial charge in [-0.25, -0.2) is 0 Å². The van der Waals surface area contributed by atoms with Gasteiger partial charge in [0, 0.05) is 29.1 Å². The molecule has 46 heavy (non-hydrogen) atoms. The van der Waals surface area contributed by atoms with E-state index < -0.39 is 5.97 Å². The summed E-state index contributed by atoms with van der Waals surface area (Å²) in [5.74, 6) is -0.802. The number of carboxylic acid groups (broad SMARTS) is 1. The van der Waals surface area contributed by atoms with E-state index in [1.165, 1.54) is 32.5 Å². The molecule has 0 unspecified atom stereocenters. The first-order valence-electron chi connectivity index (χ1n) is 16.9. The van der Waals surface area contributed by atoms with E-state index >= 15 is 0 Å². The molecule has 1 heterocycles. The number of carbonyl (C=O) groups is 1. The maximum atomic E-state index is 11.2. The molecule has 0 aliphatic carbocycles. The molecule has 0 saturated heterocycles. The molecular formula is C40H49N3O2S. The number of thioether (sulfide) groups is 1. The minimum Gasteiger partial charge on any atom is -0.481 e. The monoisotopic (exact) mass is 635 g/mol. The number of nitrogens with zero attached hydrogens (tertiary/aromatic N) is 2. The first-order chi connectivity index (χ1) is 22.3. The molecule has 0 radical (unpaired) electrons. The summed E-state index contributed by atoms with van der Waals surface area (Å²) in [6, 6.07) is 22.0. The predicted octanol–water partition coefficient (Wildman–Crippen LogP) is 10.9. The lowest BCUT2D eigenvalue weighted by molar-refractivity contribution is -0.136. The number of carboxylic acids is 1. The fourth-order valence-electron chi connectivity index (χ4n) is 6.36. The molecule has 5 nitrogen and oxygen atoms in total. The van der Waals surface area contributed by atoms with Crippen molar-refractivity contribution in [3.63, 3.8) is 0 Å². The van der Waals surface area contributed by atoms with Crippen LogP contribution in [0.2, 0.25) is 0 Å². The molecule has 2 N–H and O–H groups in total. The molecule has 4 rings (SSSR count). The summed E-state index contributed by atoms with van der Waals surface area (Å²) in [4.78, 5) is 14.9. The van der Waals surface area contributed by atoms with Gasteiger partial charge in [-0.1, -0.05) is 106 Å². The lowest BCUT2D eigenvalue weighted by Crippen LogP contribution is -2.28. The number of nitrogens with one attached hydrogen (secondary N) is 1. The van der Waals surface area contributed by atoms with E-state index in [4.69, 9.17) is 0 Å². The van der Waals surface area contributed by atoms with Crippen molar-refractivity contribution in [2.45, 2.75) is 95.8 Å². The molecule has 0 bridgehead atoms. The van der Waals surface area contributed by atoms with Crippen molar-refractivity contribution in [3.05, 3.63) is 101 Å². The first kappa shape index (κ1) is 34.9. The van der Waals surface area contributed by atoms with Gasteiger partial charge in [-0.15, -0.1) is 0 Å². The number of fused-ring (bicyclic) bond motifs is 2. The lowest BCUT2D eigenvalue weighted by Gasteiger charge is -2.36. The average molecular weight is 636 g/mol. The molecule has 3 aromatic carbocycles. The van der Waals surface area contributed by atoms with Gasteiger partial charge in [0.25, 0.3) is 0 Å². The molecule has 0 saturated carbocycles. The third kappa shape index (κ3) is 8.85. The van der Waals surface area contributed by atoms with E-state index in [2.05, 4.69) is 111 Å². The third-order valence-corrected chi connectivity index (χ3v) is 9.92. The molecule has 0 amide bonds. The van der Waals surface area contributed by atoms with Crippen molar-refractivity contribution in [1.29, 1.82) is 5.26 Å². The van der Waals surface area contributed by atoms with Crippen molar-refractivity contribution in [1.82, 2.24) is 0 Å². The Hall–Kier alpha value is -3.95. The summed E-state index contributed by atoms with van der Waals surface area (Å²) in [7, 11) is 0. The van der Waals surface area contributed by atoms with Gasteiger partial charge in [0.15, 0.2) is 0 Å². The Kier molecular flexibility index (Phi) is 13.0. The summed E-state index contributed by atoms with van der Waals surface area (Å²) in [5.41, 5.74) is 5.24. The fourth-order valence-corrected chi connectivity index (χ4v) is 7.48. The number of unbranched alkanes of at least 4 members (excludes halogenated alkanes) is 2. The van der Waals surface area contributed by atoms with Gasteiger partial charge < -0.3 is 15.3 Å². The smallest absolute Gasteiger partial charge is 0.305 e. The van der Waals surface area contributed by atoms with E-state index in [0.717, 1.165) is 68.6 Å². The first-order valence-corrected chi connectivity index (χ1v) is 17.7. The van der Waals surface area contributed by atoms with Gasteiger partial charge in [0.1, 0.15) is 0 Å². The molecule has 0 aromatic heterocycles. The van der Waals surface area contributed by atoms with E-state index in [-0.39, 0.29) is 11.8 Å². The van der Waals surface area contributed by atoms with E-state index in [0.29, 0.717) is 12.1 Å². The van der Waals surface area contributed by atoms with Crippen LogP contribution in [-0.4, -0.2) is 24.2 Å². The minimum atomic E-state index is -0.802. The zero-order chi connectivity index (χ0) is 32.9. The normalized spacial score (nSPS) is 14.3. The number of hydrogen-bond donors (Lipinski definition) is 2. The molecule has 1 aliphatic heterocycles. The number of hydrogen-bond acceptors (Lipinski definition) is 5. The Bertz CT molecular complexity index is 1620. The molecule has 242 valence electrons. The molecule has 0 fully saturated rings. The van der Waals surface area contributed by atoms with E-state index in [1.54, 1.807) is 11.8 Å². The van der Waals surface area contributed by atoms with E-state index in [1.807, 2.05) is 12.2 Å². The number of aryl methyl sites for hydroxylation is 1. The number of anilines is 2. The van der Waals surface area contributed by atoms with Crippen LogP contribution in [0, 0.1) is 18.3 Å². The second kappa shape index (κ2) is 17.1. The second-order valence-corrected chi connectivity index (χ2v) is 13.4. The second-order valence-electron chi connectivity index (χ2n) is 12.4. The molecule has 6 heteroatoms. The Morgan fingerprint density at radius 2 is 1.74 bits per heavy atom. The number of allylic oxidation sites excluding steroid dienone is 5. The van der Waals surface area contributed by atoms with Gasteiger partial charge >= 0.3 is 5.97 Å². The summed E-state index contributed by atoms with van der Waals surface area (Å²) in [5, 5.41) is 26.5. The van der Waals surface area contributed by atoms with Crippen LogP contribution in [-0.2, 0) is 10.2 Å². The standard InChI is InChI=1S/C40H49N3O2S/c1-5-8-21-40(22-9-6-2,34-26-30(4)16-18-35(34)42-24-20-39(44)45)23-12-13-31(29-41)17-19-38-43(25-7-3)36-27-32-14-10-11-15-33(32)28-37(36)46-38/h10-19,26-28,42H,5-9,20-25H2,1-4H3,(H,44,45)/b13-12+,31-17-,38-19-. The quantitative estimate of drug-likeness (QED) is 0.114. The number of rotatable bonds is 17. The highest BCUT2D eigenvalue weighted by molar-refractivity contribution is 8.03. The molecule has 3 aromatic rings. The van der Waals surface area contributed by atoms with Crippen molar-refractivity contribution in [2.75, 3.05) is 23.3 Å². The zero-order valence-corrected chi connectivity index (χ0v) is 28.8. The summed E-state index contributed by atoms with van der Waals surface area (Å²) in [6.07, 6.45) is 16.6. The highest BCUT2D eigenvalue weighted by Crippen LogP contribution is 2.48. The van der Waals surface area contributed by atoms with Crippen molar-refractivity contribution in [3.8, 4) is 6.07 Å². The van der Waals surface area contributed by atoms with Gasteiger partial charge in [0.2, 0.25) is 0 Å². The van der Waals surface area contributed by atoms with Crippen LogP contribution in [0.25, 0.3) is 10.8 Å². The van der Waals surface area contributed by atoms with Gasteiger partial charge in [0.05, 0.1) is 28.8 Å². The Morgan fingerprint density at radius 1 is 1.02 bits per heavy atom. The number of nitriles is 1. The van der Waals surface area contributed by atoms with Crippen LogP contribution in [0.5, 0.6) is 0 Å². The fraction of sp³-hybridized carbons (Fsp3) is 0.400. The van der Waals surface area contributed by atoms with Crippen LogP contribution in [0.4, 0.5) is 11.4 Å². The highest BCUT2D eigenvalue weighted by Gasteiger charge is 2.32. The largest absolute Gasteiger partial charge is 0.481 e. The van der Waals surface area contributed by atoms with Crippen molar-refractivity contribution >= 4 is 39.9 Å². The van der Waals surface area contributed by atoms with Gasteiger partial charge in [-0.2, -0.15) is 5.26 Å². The van der Waals surface area contributed by atoms with Crippen LogP contribution in [0.1, 0.15) is 89.7 Å². The molecular weight excluding hydrogens is 587 g/mol. The summed E-state index contributed by atoms with van der Waals surface area (Å²) in [6.45, 7) is 10.1. The zero-order valence-electron chi connectivity index (χ0n) is 27.9. The van der Waals surface area contributed by atoms with Crippen molar-refractivity contribution < 1.29 is 9.90 Å². The minimum absolute atomic E-state index is 0.0748. The Labute approximate surface area is 280 Å². The molecule has 0 atom stereocenters. The third-order valence-electron chi connectivity index (χ3n) is 8.80. The topological polar surface area (TPSA) is 76.4 Å². The number of benzene rings is 3. The number of aliphatic carboxylic acids is 1. The lowest BCUT2D eigenvalue weighted by atomic mass is 9.69. The maximum Gasteiger partial charge on any atom is 0.305 e. The SMILES string of the molecule is CCCCC(C/C=C/C(C#N)=C/C=C1\Sc2cc3ccccc3cc2N1CCC)(CCCC)c1cc(C)ccc1NCCC(=O)O. The van der Waals surface area contributed by atoms with Crippen LogP contribution < -0.4 is 10.2 Å². The molecule has 0 spiro atoms. The van der Waals surface area contributed by atoms with Crippen LogP contribution >= 0.6 is 11.8 Å². The van der Waals surface area contributed by atoms with Gasteiger partial charge in [-0.05, 0) is 85.4 Å². The summed E-state index contributed by atoms with van der Waals surface area (Å²) >= 11 is 1.77. The van der Waals surface area contributed by atoms with E-state index in [9.17, 15) is 15.2 Å². The highest BCUT2D eigenvalue weighted by atomic mass is 32.2. The maximum absolute atomic E-state index is 11.2. The Balaban J connectivity index is 1.64.